The molecule has 0 saturated heterocycles. The quantitative estimate of drug-likeness (QED) is 0.145. The van der Waals surface area contributed by atoms with E-state index in [2.05, 4.69) is 156 Å². The molecule has 2 aromatic heterocycles. The van der Waals surface area contributed by atoms with Gasteiger partial charge in [0.2, 0.25) is 0 Å². The van der Waals surface area contributed by atoms with Gasteiger partial charge in [-0.1, -0.05) is 179 Å². The van der Waals surface area contributed by atoms with Crippen LogP contribution in [0, 0.1) is 0 Å². The van der Waals surface area contributed by atoms with E-state index >= 15 is 0 Å². The van der Waals surface area contributed by atoms with E-state index in [1.165, 1.54) is 0 Å². The maximum Gasteiger partial charge on any atom is 0.115 e. The van der Waals surface area contributed by atoms with E-state index in [1.54, 1.807) is 0 Å². The van der Waals surface area contributed by atoms with Gasteiger partial charge in [-0.2, -0.15) is 0 Å². The molecule has 0 fully saturated rings. The second-order valence-corrected chi connectivity index (χ2v) is 17.6. The third kappa shape index (κ3) is 6.81. The van der Waals surface area contributed by atoms with Crippen molar-refractivity contribution < 1.29 is 0 Å². The molecule has 0 aliphatic carbocycles. The lowest BCUT2D eigenvalue weighted by Crippen LogP contribution is -2.48. The highest BCUT2D eigenvalue weighted by Crippen LogP contribution is 2.41. The zero-order chi connectivity index (χ0) is 47.1. The van der Waals surface area contributed by atoms with Gasteiger partial charge < -0.3 is 9.13 Å². The fraction of sp³-hybridized carbons (Fsp3) is 0. The molecule has 0 atom stereocenters. The van der Waals surface area contributed by atoms with Gasteiger partial charge >= 0.3 is 0 Å². The van der Waals surface area contributed by atoms with Gasteiger partial charge in [0, 0.05) is 38.6 Å². The Morgan fingerprint density at radius 3 is 1.32 bits per heavy atom. The zero-order valence-corrected chi connectivity index (χ0v) is 37.5. The van der Waals surface area contributed by atoms with Crippen molar-refractivity contribution in [1.82, 2.24) is 9.13 Å². The molecule has 0 bridgehead atoms. The molecular weight excluding hydrogens is 824 g/mol. The molecule has 10 aromatic carbocycles. The Balaban J connectivity index is 1.14. The number of rotatable bonds is 7. The molecule has 0 N–H and O–H groups in total. The molecule has 2 nitrogen and oxygen atoms in total. The van der Waals surface area contributed by atoms with Crippen molar-refractivity contribution in [3.63, 3.8) is 0 Å². The summed E-state index contributed by atoms with van der Waals surface area (Å²) >= 11 is 0. The summed E-state index contributed by atoms with van der Waals surface area (Å²) in [6, 6.07) is 69.2. The third-order valence-corrected chi connectivity index (χ3v) is 13.7. The monoisotopic (exact) mass is 858 g/mol. The van der Waals surface area contributed by atoms with Crippen LogP contribution in [0.3, 0.4) is 0 Å². The lowest BCUT2D eigenvalue weighted by Gasteiger charge is -2.20. The first-order valence-corrected chi connectivity index (χ1v) is 22.8. The van der Waals surface area contributed by atoms with Crippen LogP contribution < -0.4 is 38.2 Å². The predicted molar refractivity (Wildman–Crippen MR) is 300 cm³/mol. The summed E-state index contributed by atoms with van der Waals surface area (Å²) in [7, 11) is 49.7. The molecule has 2 heterocycles. The number of hydrogen-bond acceptors (Lipinski definition) is 0. The van der Waals surface area contributed by atoms with Gasteiger partial charge in [-0.05, 0) is 110 Å². The molecule has 12 rings (SSSR count). The highest BCUT2D eigenvalue weighted by molar-refractivity contribution is 6.69. The Morgan fingerprint density at radius 2 is 0.739 bits per heavy atom. The van der Waals surface area contributed by atoms with Crippen LogP contribution in [-0.4, -0.2) is 64.1 Å². The number of benzene rings is 10. The Kier molecular flexibility index (Phi) is 10.4. The van der Waals surface area contributed by atoms with Gasteiger partial charge in [-0.25, -0.2) is 0 Å². The Bertz CT molecular complexity index is 3940. The van der Waals surface area contributed by atoms with Crippen molar-refractivity contribution in [2.75, 3.05) is 0 Å². The molecular formula is C60H33B7N2. The number of fused-ring (bicyclic) bond motifs is 6. The fourth-order valence-electron chi connectivity index (χ4n) is 10.4. The minimum atomic E-state index is 0.165. The molecule has 69 heavy (non-hydrogen) atoms. The SMILES string of the molecule is [B]c1c([B])c([B])c2c(c1[B])c1c([B])c(-c3ccc4c(c3)c3c(-c5ccccc5)cccc3n4-c3ccc(-c4ccccc4)cc3)c([B])c([B])c1n2-c1cc(-c2ccccc2)cc(-c2ccccc2)c1. The zero-order valence-electron chi connectivity index (χ0n) is 37.5. The van der Waals surface area contributed by atoms with E-state index in [4.69, 9.17) is 54.9 Å². The molecule has 0 saturated carbocycles. The summed E-state index contributed by atoms with van der Waals surface area (Å²) in [5.41, 5.74) is 16.6. The molecule has 9 heteroatoms. The first-order chi connectivity index (χ1) is 33.7. The Hall–Kier alpha value is -7.75. The minimum Gasteiger partial charge on any atom is -0.310 e. The van der Waals surface area contributed by atoms with Crippen LogP contribution in [0.5, 0.6) is 0 Å². The second-order valence-electron chi connectivity index (χ2n) is 17.6. The van der Waals surface area contributed by atoms with E-state index in [-0.39, 0.29) is 21.9 Å². The molecule has 0 amide bonds. The number of aromatic nitrogens is 2. The van der Waals surface area contributed by atoms with Gasteiger partial charge in [0.05, 0.1) is 11.0 Å². The first-order valence-electron chi connectivity index (χ1n) is 22.8. The average molecular weight is 858 g/mol. The summed E-state index contributed by atoms with van der Waals surface area (Å²) in [6.07, 6.45) is 0. The van der Waals surface area contributed by atoms with Crippen molar-refractivity contribution in [3.05, 3.63) is 200 Å². The van der Waals surface area contributed by atoms with E-state index in [9.17, 15) is 0 Å². The largest absolute Gasteiger partial charge is 0.310 e. The van der Waals surface area contributed by atoms with Crippen LogP contribution in [0.4, 0.5) is 0 Å². The summed E-state index contributed by atoms with van der Waals surface area (Å²) in [6.45, 7) is 0. The van der Waals surface area contributed by atoms with Crippen LogP contribution in [0.15, 0.2) is 200 Å². The van der Waals surface area contributed by atoms with Gasteiger partial charge in [0.1, 0.15) is 54.9 Å². The molecule has 12 aromatic rings. The maximum absolute atomic E-state index is 7.54. The van der Waals surface area contributed by atoms with Crippen LogP contribution in [0.25, 0.3) is 111 Å². The predicted octanol–water partition coefficient (Wildman–Crippen LogP) is 7.77. The Morgan fingerprint density at radius 1 is 0.261 bits per heavy atom. The summed E-state index contributed by atoms with van der Waals surface area (Å²) < 4.78 is 4.31. The van der Waals surface area contributed by atoms with Crippen molar-refractivity contribution in [1.29, 1.82) is 0 Å². The summed E-state index contributed by atoms with van der Waals surface area (Å²) in [4.78, 5) is 0. The number of nitrogens with zero attached hydrogens (tertiary/aromatic N) is 2. The fourth-order valence-corrected chi connectivity index (χ4v) is 10.4. The molecule has 0 spiro atoms. The third-order valence-electron chi connectivity index (χ3n) is 13.7. The highest BCUT2D eigenvalue weighted by Gasteiger charge is 2.26. The van der Waals surface area contributed by atoms with Gasteiger partial charge in [-0.3, -0.25) is 0 Å². The maximum atomic E-state index is 7.54. The minimum absolute atomic E-state index is 0.165. The lowest BCUT2D eigenvalue weighted by atomic mass is 9.64. The smallest absolute Gasteiger partial charge is 0.115 e. The van der Waals surface area contributed by atoms with E-state index in [1.807, 2.05) is 53.1 Å². The lowest BCUT2D eigenvalue weighted by molar-refractivity contribution is 1.18. The normalized spacial score (nSPS) is 11.6. The summed E-state index contributed by atoms with van der Waals surface area (Å²) in [5, 5.41) is 3.21. The van der Waals surface area contributed by atoms with E-state index in [0.717, 1.165) is 83.3 Å². The Labute approximate surface area is 410 Å². The van der Waals surface area contributed by atoms with Crippen molar-refractivity contribution in [3.8, 4) is 67.0 Å². The van der Waals surface area contributed by atoms with Crippen molar-refractivity contribution in [2.45, 2.75) is 0 Å². The molecule has 0 unspecified atom stereocenters. The van der Waals surface area contributed by atoms with Crippen molar-refractivity contribution >= 4 is 137 Å². The van der Waals surface area contributed by atoms with Crippen LogP contribution >= 0.6 is 0 Å². The standard InChI is InChI=1S/C60H33B7N2/c61-52-48(39-26-29-46-45(33-39)49-44(38-20-11-4-12-21-38)22-13-23-47(49)68(46)42-27-24-37(25-28-42)34-14-5-1-6-15-34)53(62)57(66)59-50(52)51-54(63)55(64)56(65)58(67)60(51)69(59)43-31-40(35-16-7-2-8-17-35)30-41(32-43)36-18-9-3-10-19-36/h1-33H. The highest BCUT2D eigenvalue weighted by atomic mass is 15.0. The van der Waals surface area contributed by atoms with Crippen molar-refractivity contribution in [2.24, 2.45) is 0 Å². The second kappa shape index (κ2) is 16.8. The molecule has 0 aliphatic rings. The summed E-state index contributed by atoms with van der Waals surface area (Å²) in [5.74, 6) is 0. The topological polar surface area (TPSA) is 9.86 Å². The van der Waals surface area contributed by atoms with Crippen LogP contribution in [-0.2, 0) is 0 Å². The van der Waals surface area contributed by atoms with Gasteiger partial charge in [0.25, 0.3) is 0 Å². The first kappa shape index (κ1) is 42.6. The number of hydrogen-bond donors (Lipinski definition) is 0. The van der Waals surface area contributed by atoms with Crippen LogP contribution in [0.2, 0.25) is 0 Å². The van der Waals surface area contributed by atoms with Gasteiger partial charge in [0.15, 0.2) is 0 Å². The molecule has 304 valence electrons. The average Bonchev–Trinajstić information content (AvgIpc) is 3.94. The van der Waals surface area contributed by atoms with Gasteiger partial charge in [-0.15, -0.1) is 10.9 Å². The van der Waals surface area contributed by atoms with Crippen LogP contribution in [0.1, 0.15) is 0 Å². The van der Waals surface area contributed by atoms with E-state index in [0.29, 0.717) is 43.8 Å². The van der Waals surface area contributed by atoms with E-state index < -0.39 is 0 Å². The molecule has 14 radical (unpaired) electrons. The molecule has 0 aliphatic heterocycles.